The second-order valence-corrected chi connectivity index (χ2v) is 5.53. The van der Waals surface area contributed by atoms with Gasteiger partial charge in [-0.1, -0.05) is 19.1 Å². The van der Waals surface area contributed by atoms with Crippen LogP contribution in [0.5, 0.6) is 0 Å². The number of hydrogen-bond acceptors (Lipinski definition) is 2. The molecule has 1 aliphatic heterocycles. The minimum Gasteiger partial charge on any atom is -0.303 e. The van der Waals surface area contributed by atoms with E-state index >= 15 is 0 Å². The van der Waals surface area contributed by atoms with Crippen molar-refractivity contribution in [2.24, 2.45) is 5.92 Å². The van der Waals surface area contributed by atoms with Crippen LogP contribution in [0.4, 0.5) is 4.39 Å². The van der Waals surface area contributed by atoms with E-state index in [1.54, 1.807) is 18.2 Å². The minimum absolute atomic E-state index is 0.0876. The van der Waals surface area contributed by atoms with Crippen LogP contribution in [0.15, 0.2) is 24.3 Å². The third-order valence-electron chi connectivity index (χ3n) is 3.94. The number of hydrogen-bond donors (Lipinski definition) is 0. The number of carbonyl (C=O) groups is 1. The van der Waals surface area contributed by atoms with Crippen LogP contribution in [0, 0.1) is 11.7 Å². The lowest BCUT2D eigenvalue weighted by Crippen LogP contribution is -2.27. The van der Waals surface area contributed by atoms with E-state index in [0.717, 1.165) is 25.6 Å². The van der Waals surface area contributed by atoms with E-state index in [2.05, 4.69) is 11.8 Å². The molecule has 1 aromatic carbocycles. The number of Topliss-reactive ketones (excluding diaryl/α,β-unsaturated/α-hetero) is 1. The summed E-state index contributed by atoms with van der Waals surface area (Å²) in [6, 6.07) is 6.25. The van der Waals surface area contributed by atoms with Crippen molar-refractivity contribution in [2.45, 2.75) is 32.6 Å². The van der Waals surface area contributed by atoms with Gasteiger partial charge in [0.2, 0.25) is 0 Å². The maximum absolute atomic E-state index is 13.5. The van der Waals surface area contributed by atoms with Crippen LogP contribution < -0.4 is 0 Å². The van der Waals surface area contributed by atoms with Gasteiger partial charge in [0.1, 0.15) is 5.82 Å². The van der Waals surface area contributed by atoms with Crippen LogP contribution in [0.3, 0.4) is 0 Å². The van der Waals surface area contributed by atoms with Gasteiger partial charge in [-0.15, -0.1) is 0 Å². The molecular weight excluding hydrogens is 241 g/mol. The summed E-state index contributed by atoms with van der Waals surface area (Å²) in [4.78, 5) is 14.3. The molecule has 1 fully saturated rings. The first-order chi connectivity index (χ1) is 9.16. The molecule has 1 heterocycles. The first-order valence-corrected chi connectivity index (χ1v) is 7.17. The van der Waals surface area contributed by atoms with Gasteiger partial charge in [0.15, 0.2) is 5.78 Å². The highest BCUT2D eigenvalue weighted by atomic mass is 19.1. The average molecular weight is 263 g/mol. The number of carbonyl (C=O) groups excluding carboxylic acids is 1. The first kappa shape index (κ1) is 14.2. The van der Waals surface area contributed by atoms with Gasteiger partial charge in [0.25, 0.3) is 0 Å². The van der Waals surface area contributed by atoms with Gasteiger partial charge in [0, 0.05) is 13.0 Å². The summed E-state index contributed by atoms with van der Waals surface area (Å²) in [7, 11) is 0. The Morgan fingerprint density at radius 1 is 1.32 bits per heavy atom. The summed E-state index contributed by atoms with van der Waals surface area (Å²) in [6.45, 7) is 5.16. The van der Waals surface area contributed by atoms with Crippen molar-refractivity contribution in [1.82, 2.24) is 4.90 Å². The summed E-state index contributed by atoms with van der Waals surface area (Å²) < 4.78 is 13.5. The van der Waals surface area contributed by atoms with Crippen LogP contribution in [0.25, 0.3) is 0 Å². The standard InChI is InChI=1S/C16H22FNO/c1-13-5-4-10-18(11-8-13)12-9-16(19)14-6-2-3-7-15(14)17/h2-3,6-7,13H,4-5,8-12H2,1H3. The molecule has 0 amide bonds. The number of likely N-dealkylation sites (tertiary alicyclic amines) is 1. The van der Waals surface area contributed by atoms with E-state index in [1.807, 2.05) is 0 Å². The number of benzene rings is 1. The molecule has 0 aliphatic carbocycles. The molecule has 1 saturated heterocycles. The van der Waals surface area contributed by atoms with Crippen LogP contribution in [-0.2, 0) is 0 Å². The molecule has 0 aromatic heterocycles. The van der Waals surface area contributed by atoms with Gasteiger partial charge in [-0.05, 0) is 50.4 Å². The summed E-state index contributed by atoms with van der Waals surface area (Å²) in [5, 5.41) is 0. The molecular formula is C16H22FNO. The largest absolute Gasteiger partial charge is 0.303 e. The zero-order valence-electron chi connectivity index (χ0n) is 11.6. The fourth-order valence-corrected chi connectivity index (χ4v) is 2.63. The highest BCUT2D eigenvalue weighted by Gasteiger charge is 2.16. The number of ketones is 1. The van der Waals surface area contributed by atoms with Gasteiger partial charge in [-0.2, -0.15) is 0 Å². The average Bonchev–Trinajstić information content (AvgIpc) is 2.61. The highest BCUT2D eigenvalue weighted by Crippen LogP contribution is 2.17. The van der Waals surface area contributed by atoms with Gasteiger partial charge < -0.3 is 4.90 Å². The molecule has 0 N–H and O–H groups in total. The molecule has 1 unspecified atom stereocenters. The molecule has 0 bridgehead atoms. The lowest BCUT2D eigenvalue weighted by Gasteiger charge is -2.19. The Hall–Kier alpha value is -1.22. The van der Waals surface area contributed by atoms with E-state index in [4.69, 9.17) is 0 Å². The molecule has 0 radical (unpaired) electrons. The zero-order valence-corrected chi connectivity index (χ0v) is 11.6. The molecule has 1 atom stereocenters. The molecule has 1 aromatic rings. The zero-order chi connectivity index (χ0) is 13.7. The molecule has 1 aliphatic rings. The Kier molecular flexibility index (Phi) is 5.08. The van der Waals surface area contributed by atoms with Crippen LogP contribution in [-0.4, -0.2) is 30.3 Å². The number of halogens is 1. The maximum atomic E-state index is 13.5. The van der Waals surface area contributed by atoms with Crippen LogP contribution in [0.1, 0.15) is 43.0 Å². The predicted octanol–water partition coefficient (Wildman–Crippen LogP) is 3.52. The quantitative estimate of drug-likeness (QED) is 0.775. The second-order valence-electron chi connectivity index (χ2n) is 5.53. The van der Waals surface area contributed by atoms with Crippen molar-refractivity contribution < 1.29 is 9.18 Å². The topological polar surface area (TPSA) is 20.3 Å². The Balaban J connectivity index is 1.85. The van der Waals surface area contributed by atoms with E-state index < -0.39 is 5.82 Å². The molecule has 0 spiro atoms. The van der Waals surface area contributed by atoms with E-state index in [9.17, 15) is 9.18 Å². The minimum atomic E-state index is -0.406. The fourth-order valence-electron chi connectivity index (χ4n) is 2.63. The Morgan fingerprint density at radius 2 is 2.11 bits per heavy atom. The van der Waals surface area contributed by atoms with Gasteiger partial charge >= 0.3 is 0 Å². The number of rotatable bonds is 4. The van der Waals surface area contributed by atoms with E-state index in [-0.39, 0.29) is 11.3 Å². The smallest absolute Gasteiger partial charge is 0.167 e. The molecule has 0 saturated carbocycles. The van der Waals surface area contributed by atoms with Crippen LogP contribution >= 0.6 is 0 Å². The number of nitrogens with zero attached hydrogens (tertiary/aromatic N) is 1. The van der Waals surface area contributed by atoms with E-state index in [0.29, 0.717) is 6.42 Å². The maximum Gasteiger partial charge on any atom is 0.167 e. The highest BCUT2D eigenvalue weighted by molar-refractivity contribution is 5.96. The summed E-state index contributed by atoms with van der Waals surface area (Å²) in [5.41, 5.74) is 0.227. The van der Waals surface area contributed by atoms with Crippen LogP contribution in [0.2, 0.25) is 0 Å². The van der Waals surface area contributed by atoms with Gasteiger partial charge in [-0.3, -0.25) is 4.79 Å². The van der Waals surface area contributed by atoms with Crippen molar-refractivity contribution in [2.75, 3.05) is 19.6 Å². The first-order valence-electron chi connectivity index (χ1n) is 7.17. The lowest BCUT2D eigenvalue weighted by atomic mass is 10.0. The summed E-state index contributed by atoms with van der Waals surface area (Å²) in [5.74, 6) is 0.291. The van der Waals surface area contributed by atoms with Crippen molar-refractivity contribution in [3.05, 3.63) is 35.6 Å². The van der Waals surface area contributed by atoms with Crippen molar-refractivity contribution in [3.8, 4) is 0 Å². The Morgan fingerprint density at radius 3 is 2.89 bits per heavy atom. The SMILES string of the molecule is CC1CCCN(CCC(=O)c2ccccc2F)CC1. The molecule has 104 valence electrons. The Labute approximate surface area is 114 Å². The normalized spacial score (nSPS) is 21.1. The predicted molar refractivity (Wildman–Crippen MR) is 74.8 cm³/mol. The summed E-state index contributed by atoms with van der Waals surface area (Å²) in [6.07, 6.45) is 4.09. The fraction of sp³-hybridized carbons (Fsp3) is 0.562. The molecule has 3 heteroatoms. The monoisotopic (exact) mass is 263 g/mol. The van der Waals surface area contributed by atoms with Crippen molar-refractivity contribution in [1.29, 1.82) is 0 Å². The lowest BCUT2D eigenvalue weighted by molar-refractivity contribution is 0.0961. The van der Waals surface area contributed by atoms with Gasteiger partial charge in [0.05, 0.1) is 5.56 Å². The molecule has 2 nitrogen and oxygen atoms in total. The summed E-state index contributed by atoms with van der Waals surface area (Å²) >= 11 is 0. The van der Waals surface area contributed by atoms with Crippen molar-refractivity contribution >= 4 is 5.78 Å². The van der Waals surface area contributed by atoms with Gasteiger partial charge in [-0.25, -0.2) is 4.39 Å². The third kappa shape index (κ3) is 4.13. The Bertz CT molecular complexity index is 433. The second kappa shape index (κ2) is 6.80. The van der Waals surface area contributed by atoms with E-state index in [1.165, 1.54) is 25.3 Å². The molecule has 19 heavy (non-hydrogen) atoms. The van der Waals surface area contributed by atoms with Crippen molar-refractivity contribution in [3.63, 3.8) is 0 Å². The molecule has 2 rings (SSSR count). The third-order valence-corrected chi connectivity index (χ3v) is 3.94.